The second-order valence-electron chi connectivity index (χ2n) is 9.41. The molecule has 7 nitrogen and oxygen atoms in total. The number of amides is 4. The Morgan fingerprint density at radius 3 is 2.35 bits per heavy atom. The summed E-state index contributed by atoms with van der Waals surface area (Å²) in [5, 5.41) is 5.70. The number of imide groups is 1. The molecule has 168 valence electrons. The Bertz CT molecular complexity index is 772. The van der Waals surface area contributed by atoms with Crippen molar-refractivity contribution >= 4 is 23.7 Å². The van der Waals surface area contributed by atoms with Crippen LogP contribution in [0.3, 0.4) is 0 Å². The maximum atomic E-state index is 13.3. The van der Waals surface area contributed by atoms with Crippen molar-refractivity contribution in [3.63, 3.8) is 0 Å². The van der Waals surface area contributed by atoms with Crippen LogP contribution < -0.4 is 10.6 Å². The van der Waals surface area contributed by atoms with Crippen LogP contribution in [0.25, 0.3) is 0 Å². The summed E-state index contributed by atoms with van der Waals surface area (Å²) in [6.07, 6.45) is 14.3. The summed E-state index contributed by atoms with van der Waals surface area (Å²) in [4.78, 5) is 44.8. The minimum atomic E-state index is -0.797. The Balaban J connectivity index is 1.49. The van der Waals surface area contributed by atoms with Gasteiger partial charge in [-0.25, -0.2) is 14.7 Å². The van der Waals surface area contributed by atoms with Crippen LogP contribution in [0.15, 0.2) is 24.4 Å². The lowest BCUT2D eigenvalue weighted by atomic mass is 9.83. The lowest BCUT2D eigenvalue weighted by molar-refractivity contribution is -0.134. The molecule has 2 heterocycles. The van der Waals surface area contributed by atoms with Crippen molar-refractivity contribution in [1.29, 1.82) is 0 Å². The molecule has 1 aromatic heterocycles. The second-order valence-corrected chi connectivity index (χ2v) is 9.41. The Morgan fingerprint density at radius 2 is 1.71 bits per heavy atom. The number of nitrogens with zero attached hydrogens (tertiary/aromatic N) is 2. The summed E-state index contributed by atoms with van der Waals surface area (Å²) in [5.74, 6) is 0.693. The minimum absolute atomic E-state index is 0.243. The second kappa shape index (κ2) is 10.2. The molecule has 0 spiro atoms. The summed E-state index contributed by atoms with van der Waals surface area (Å²) in [6.45, 7) is 0. The van der Waals surface area contributed by atoms with Gasteiger partial charge >= 0.3 is 6.03 Å². The summed E-state index contributed by atoms with van der Waals surface area (Å²) in [6, 6.07) is 3.56. The van der Waals surface area contributed by atoms with Gasteiger partial charge in [0.2, 0.25) is 5.91 Å². The molecule has 1 aliphatic heterocycles. The number of nitrogens with one attached hydrogen (secondary N) is 2. The van der Waals surface area contributed by atoms with Gasteiger partial charge in [-0.3, -0.25) is 9.59 Å². The number of hydrogen-bond donors (Lipinski definition) is 2. The SMILES string of the molecule is O=C(Nc1ccccn1)[C@H](CC1CCCCC1)N1C(=O)N[C@@H](CC2CCCCC2)C1=O. The van der Waals surface area contributed by atoms with Gasteiger partial charge in [-0.1, -0.05) is 70.3 Å². The maximum absolute atomic E-state index is 13.3. The molecule has 0 bridgehead atoms. The van der Waals surface area contributed by atoms with E-state index in [1.54, 1.807) is 24.4 Å². The fourth-order valence-electron chi connectivity index (χ4n) is 5.47. The van der Waals surface area contributed by atoms with E-state index < -0.39 is 18.1 Å². The van der Waals surface area contributed by atoms with Crippen LogP contribution in [0.4, 0.5) is 10.6 Å². The third-order valence-corrected chi connectivity index (χ3v) is 7.16. The molecule has 7 heteroatoms. The predicted octanol–water partition coefficient (Wildman–Crippen LogP) is 4.25. The Labute approximate surface area is 184 Å². The van der Waals surface area contributed by atoms with Crippen molar-refractivity contribution < 1.29 is 14.4 Å². The quantitative estimate of drug-likeness (QED) is 0.638. The third-order valence-electron chi connectivity index (χ3n) is 7.16. The van der Waals surface area contributed by atoms with Crippen LogP contribution in [0.5, 0.6) is 0 Å². The first-order chi connectivity index (χ1) is 15.1. The van der Waals surface area contributed by atoms with Gasteiger partial charge in [-0.2, -0.15) is 0 Å². The Morgan fingerprint density at radius 1 is 1.03 bits per heavy atom. The standard InChI is InChI=1S/C24H34N4O3/c29-22(27-21-13-7-8-14-25-21)20(16-18-11-5-2-6-12-18)28-23(30)19(26-24(28)31)15-17-9-3-1-4-10-17/h7-8,13-14,17-20H,1-6,9-12,15-16H2,(H,26,31)(H,25,27,29)/t19-,20-/m0/s1. The zero-order valence-electron chi connectivity index (χ0n) is 18.2. The van der Waals surface area contributed by atoms with Gasteiger partial charge in [-0.05, 0) is 36.8 Å². The van der Waals surface area contributed by atoms with E-state index in [1.165, 1.54) is 30.6 Å². The highest BCUT2D eigenvalue weighted by molar-refractivity contribution is 6.09. The van der Waals surface area contributed by atoms with Gasteiger partial charge in [0.05, 0.1) is 0 Å². The number of carbonyl (C=O) groups excluding carboxylic acids is 3. The molecule has 1 aromatic rings. The van der Waals surface area contributed by atoms with E-state index in [4.69, 9.17) is 0 Å². The largest absolute Gasteiger partial charge is 0.326 e. The number of urea groups is 1. The van der Waals surface area contributed by atoms with E-state index in [9.17, 15) is 14.4 Å². The fourth-order valence-corrected chi connectivity index (χ4v) is 5.47. The summed E-state index contributed by atoms with van der Waals surface area (Å²) in [7, 11) is 0. The van der Waals surface area contributed by atoms with Crippen molar-refractivity contribution in [3.05, 3.63) is 24.4 Å². The van der Waals surface area contributed by atoms with Crippen LogP contribution >= 0.6 is 0 Å². The number of hydrogen-bond acceptors (Lipinski definition) is 4. The number of pyridine rings is 1. The van der Waals surface area contributed by atoms with E-state index in [2.05, 4.69) is 15.6 Å². The van der Waals surface area contributed by atoms with Crippen LogP contribution in [0, 0.1) is 11.8 Å². The topological polar surface area (TPSA) is 91.4 Å². The van der Waals surface area contributed by atoms with Crippen LogP contribution in [-0.2, 0) is 9.59 Å². The summed E-state index contributed by atoms with van der Waals surface area (Å²) in [5.41, 5.74) is 0. The number of rotatable bonds is 7. The minimum Gasteiger partial charge on any atom is -0.326 e. The van der Waals surface area contributed by atoms with Gasteiger partial charge < -0.3 is 10.6 Å². The molecular formula is C24H34N4O3. The molecule has 2 saturated carbocycles. The molecular weight excluding hydrogens is 392 g/mol. The molecule has 1 saturated heterocycles. The van der Waals surface area contributed by atoms with Gasteiger partial charge in [0.1, 0.15) is 17.9 Å². The molecule has 0 unspecified atom stereocenters. The van der Waals surface area contributed by atoms with Gasteiger partial charge in [0.25, 0.3) is 5.91 Å². The first-order valence-corrected chi connectivity index (χ1v) is 12.0. The average molecular weight is 427 g/mol. The smallest absolute Gasteiger partial charge is 0.325 e. The third kappa shape index (κ3) is 5.43. The van der Waals surface area contributed by atoms with E-state index in [-0.39, 0.29) is 11.8 Å². The highest BCUT2D eigenvalue weighted by atomic mass is 16.2. The van der Waals surface area contributed by atoms with Gasteiger partial charge in [0.15, 0.2) is 0 Å². The molecule has 3 fully saturated rings. The monoisotopic (exact) mass is 426 g/mol. The van der Waals surface area contributed by atoms with E-state index >= 15 is 0 Å². The summed E-state index contributed by atoms with van der Waals surface area (Å²) < 4.78 is 0. The first kappa shape index (κ1) is 21.8. The van der Waals surface area contributed by atoms with Crippen molar-refractivity contribution in [2.24, 2.45) is 11.8 Å². The Hall–Kier alpha value is -2.44. The molecule has 2 aliphatic carbocycles. The lowest BCUT2D eigenvalue weighted by Gasteiger charge is -2.30. The number of carbonyl (C=O) groups is 3. The number of anilines is 1. The molecule has 2 N–H and O–H groups in total. The summed E-state index contributed by atoms with van der Waals surface area (Å²) >= 11 is 0. The zero-order valence-corrected chi connectivity index (χ0v) is 18.2. The highest BCUT2D eigenvalue weighted by Gasteiger charge is 2.45. The molecule has 3 aliphatic rings. The van der Waals surface area contributed by atoms with E-state index in [1.807, 2.05) is 0 Å². The highest BCUT2D eigenvalue weighted by Crippen LogP contribution is 2.32. The fraction of sp³-hybridized carbons (Fsp3) is 0.667. The van der Waals surface area contributed by atoms with Gasteiger partial charge in [0, 0.05) is 6.20 Å². The molecule has 4 amide bonds. The number of aromatic nitrogens is 1. The van der Waals surface area contributed by atoms with Crippen molar-refractivity contribution in [1.82, 2.24) is 15.2 Å². The van der Waals surface area contributed by atoms with Crippen LogP contribution in [0.2, 0.25) is 0 Å². The maximum Gasteiger partial charge on any atom is 0.325 e. The van der Waals surface area contributed by atoms with Crippen LogP contribution in [0.1, 0.15) is 77.0 Å². The first-order valence-electron chi connectivity index (χ1n) is 12.0. The van der Waals surface area contributed by atoms with Crippen molar-refractivity contribution in [2.75, 3.05) is 5.32 Å². The van der Waals surface area contributed by atoms with Crippen molar-refractivity contribution in [3.8, 4) is 0 Å². The van der Waals surface area contributed by atoms with Crippen molar-refractivity contribution in [2.45, 2.75) is 89.1 Å². The van der Waals surface area contributed by atoms with Gasteiger partial charge in [-0.15, -0.1) is 0 Å². The predicted molar refractivity (Wildman–Crippen MR) is 118 cm³/mol. The normalized spacial score (nSPS) is 24.1. The van der Waals surface area contributed by atoms with E-state index in [0.717, 1.165) is 38.5 Å². The molecule has 4 rings (SSSR count). The Kier molecular flexibility index (Phi) is 7.20. The molecule has 0 aromatic carbocycles. The molecule has 0 radical (unpaired) electrons. The molecule has 31 heavy (non-hydrogen) atoms. The average Bonchev–Trinajstić information content (AvgIpc) is 3.07. The van der Waals surface area contributed by atoms with E-state index in [0.29, 0.717) is 30.5 Å². The molecule has 2 atom stereocenters. The zero-order chi connectivity index (χ0) is 21.6. The lowest BCUT2D eigenvalue weighted by Crippen LogP contribution is -2.49. The van der Waals surface area contributed by atoms with Crippen LogP contribution in [-0.4, -0.2) is 39.8 Å².